The fraction of sp³-hybridized carbons (Fsp3) is 0.545. The normalized spacial score (nSPS) is 10.2. The van der Waals surface area contributed by atoms with Gasteiger partial charge in [0.25, 0.3) is 5.91 Å². The van der Waals surface area contributed by atoms with E-state index in [-0.39, 0.29) is 5.91 Å². The van der Waals surface area contributed by atoms with Gasteiger partial charge >= 0.3 is 0 Å². The predicted octanol–water partition coefficient (Wildman–Crippen LogP) is 2.89. The Morgan fingerprint density at radius 1 is 1.50 bits per heavy atom. The maximum atomic E-state index is 11.6. The fourth-order valence-electron chi connectivity index (χ4n) is 1.21. The van der Waals surface area contributed by atoms with Crippen LogP contribution < -0.4 is 5.32 Å². The number of hydrogen-bond acceptors (Lipinski definition) is 2. The van der Waals surface area contributed by atoms with Crippen LogP contribution in [0.4, 0.5) is 0 Å². The minimum atomic E-state index is 0.0697. The second kappa shape index (κ2) is 5.15. The van der Waals surface area contributed by atoms with Crippen molar-refractivity contribution in [3.05, 3.63) is 21.4 Å². The van der Waals surface area contributed by atoms with Crippen molar-refractivity contribution in [2.75, 3.05) is 6.54 Å². The molecule has 0 saturated carbocycles. The molecule has 1 amide bonds. The molecule has 2 nitrogen and oxygen atoms in total. The van der Waals surface area contributed by atoms with Crippen LogP contribution in [0.3, 0.4) is 0 Å². The van der Waals surface area contributed by atoms with E-state index >= 15 is 0 Å². The molecule has 0 spiro atoms. The molecule has 1 rings (SSSR count). The minimum absolute atomic E-state index is 0.0697. The van der Waals surface area contributed by atoms with Gasteiger partial charge in [0.05, 0.1) is 5.56 Å². The zero-order valence-electron chi connectivity index (χ0n) is 9.02. The molecule has 0 bridgehead atoms. The number of unbranched alkanes of at least 4 members (excludes halogenated alkanes) is 1. The second-order valence-electron chi connectivity index (χ2n) is 3.44. The lowest BCUT2D eigenvalue weighted by Gasteiger charge is -2.03. The summed E-state index contributed by atoms with van der Waals surface area (Å²) in [6.45, 7) is 6.94. The lowest BCUT2D eigenvalue weighted by atomic mass is 10.1. The van der Waals surface area contributed by atoms with Gasteiger partial charge < -0.3 is 5.32 Å². The molecule has 0 atom stereocenters. The third-order valence-corrected chi connectivity index (χ3v) is 3.36. The van der Waals surface area contributed by atoms with Gasteiger partial charge in [0.15, 0.2) is 0 Å². The molecule has 14 heavy (non-hydrogen) atoms. The number of amides is 1. The summed E-state index contributed by atoms with van der Waals surface area (Å²) in [7, 11) is 0. The van der Waals surface area contributed by atoms with E-state index < -0.39 is 0 Å². The first-order chi connectivity index (χ1) is 6.66. The van der Waals surface area contributed by atoms with Crippen LogP contribution in [0.15, 0.2) is 5.38 Å². The molecule has 0 aliphatic carbocycles. The van der Waals surface area contributed by atoms with Gasteiger partial charge in [0.1, 0.15) is 0 Å². The maximum Gasteiger partial charge on any atom is 0.252 e. The Morgan fingerprint density at radius 3 is 2.71 bits per heavy atom. The zero-order valence-corrected chi connectivity index (χ0v) is 9.83. The van der Waals surface area contributed by atoms with Gasteiger partial charge in [-0.3, -0.25) is 4.79 Å². The van der Waals surface area contributed by atoms with E-state index in [4.69, 9.17) is 0 Å². The van der Waals surface area contributed by atoms with E-state index in [2.05, 4.69) is 12.2 Å². The molecule has 78 valence electrons. The van der Waals surface area contributed by atoms with E-state index in [1.807, 2.05) is 19.2 Å². The first-order valence-corrected chi connectivity index (χ1v) is 5.87. The number of rotatable bonds is 4. The molecule has 0 aromatic carbocycles. The van der Waals surface area contributed by atoms with Crippen molar-refractivity contribution in [1.82, 2.24) is 5.32 Å². The van der Waals surface area contributed by atoms with Crippen LogP contribution in [-0.2, 0) is 0 Å². The summed E-state index contributed by atoms with van der Waals surface area (Å²) in [6, 6.07) is 0. The molecule has 3 heteroatoms. The zero-order chi connectivity index (χ0) is 10.6. The Hall–Kier alpha value is -0.830. The number of aryl methyl sites for hydroxylation is 1. The number of carbonyl (C=O) groups is 1. The summed E-state index contributed by atoms with van der Waals surface area (Å²) in [5, 5.41) is 4.86. The van der Waals surface area contributed by atoms with Gasteiger partial charge in [-0.2, -0.15) is 0 Å². The summed E-state index contributed by atoms with van der Waals surface area (Å²) in [5.74, 6) is 0.0697. The Labute approximate surface area is 89.3 Å². The third-order valence-electron chi connectivity index (χ3n) is 2.35. The largest absolute Gasteiger partial charge is 0.352 e. The monoisotopic (exact) mass is 211 g/mol. The molecule has 0 radical (unpaired) electrons. The SMILES string of the molecule is CCCCNC(=O)c1csc(C)c1C. The third kappa shape index (κ3) is 2.58. The van der Waals surface area contributed by atoms with Crippen LogP contribution in [0.25, 0.3) is 0 Å². The first-order valence-electron chi connectivity index (χ1n) is 4.99. The summed E-state index contributed by atoms with van der Waals surface area (Å²) in [6.07, 6.45) is 2.16. The van der Waals surface area contributed by atoms with Crippen molar-refractivity contribution in [2.45, 2.75) is 33.6 Å². The fourth-order valence-corrected chi connectivity index (χ4v) is 2.08. The summed E-state index contributed by atoms with van der Waals surface area (Å²) < 4.78 is 0. The summed E-state index contributed by atoms with van der Waals surface area (Å²) >= 11 is 1.64. The second-order valence-corrected chi connectivity index (χ2v) is 4.52. The van der Waals surface area contributed by atoms with E-state index in [1.54, 1.807) is 11.3 Å². The Morgan fingerprint density at radius 2 is 2.21 bits per heavy atom. The van der Waals surface area contributed by atoms with E-state index in [0.717, 1.165) is 30.5 Å². The van der Waals surface area contributed by atoms with Gasteiger partial charge in [-0.25, -0.2) is 0 Å². The minimum Gasteiger partial charge on any atom is -0.352 e. The highest BCUT2D eigenvalue weighted by atomic mass is 32.1. The van der Waals surface area contributed by atoms with Gasteiger partial charge in [0, 0.05) is 16.8 Å². The van der Waals surface area contributed by atoms with Crippen LogP contribution in [0, 0.1) is 13.8 Å². The average Bonchev–Trinajstić information content (AvgIpc) is 2.48. The Bertz CT molecular complexity index is 317. The van der Waals surface area contributed by atoms with Gasteiger partial charge in [0.2, 0.25) is 0 Å². The lowest BCUT2D eigenvalue weighted by Crippen LogP contribution is -2.24. The number of thiophene rings is 1. The van der Waals surface area contributed by atoms with Gasteiger partial charge in [-0.05, 0) is 25.8 Å². The Kier molecular flexibility index (Phi) is 4.14. The molecule has 1 N–H and O–H groups in total. The van der Waals surface area contributed by atoms with E-state index in [0.29, 0.717) is 0 Å². The van der Waals surface area contributed by atoms with Crippen LogP contribution in [0.5, 0.6) is 0 Å². The van der Waals surface area contributed by atoms with Crippen molar-refractivity contribution in [3.63, 3.8) is 0 Å². The van der Waals surface area contributed by atoms with E-state index in [9.17, 15) is 4.79 Å². The summed E-state index contributed by atoms with van der Waals surface area (Å²) in [4.78, 5) is 12.9. The van der Waals surface area contributed by atoms with Gasteiger partial charge in [-0.15, -0.1) is 11.3 Å². The average molecular weight is 211 g/mol. The lowest BCUT2D eigenvalue weighted by molar-refractivity contribution is 0.0953. The van der Waals surface area contributed by atoms with Gasteiger partial charge in [-0.1, -0.05) is 13.3 Å². The highest BCUT2D eigenvalue weighted by molar-refractivity contribution is 7.10. The van der Waals surface area contributed by atoms with Crippen LogP contribution >= 0.6 is 11.3 Å². The number of hydrogen-bond donors (Lipinski definition) is 1. The van der Waals surface area contributed by atoms with Crippen molar-refractivity contribution in [2.24, 2.45) is 0 Å². The molecule has 0 aliphatic rings. The van der Waals surface area contributed by atoms with Crippen LogP contribution in [-0.4, -0.2) is 12.5 Å². The molecule has 1 aromatic heterocycles. The topological polar surface area (TPSA) is 29.1 Å². The van der Waals surface area contributed by atoms with Crippen LogP contribution in [0.2, 0.25) is 0 Å². The van der Waals surface area contributed by atoms with Crippen LogP contribution in [0.1, 0.15) is 40.6 Å². The first kappa shape index (κ1) is 11.2. The van der Waals surface area contributed by atoms with E-state index in [1.165, 1.54) is 4.88 Å². The molecular weight excluding hydrogens is 194 g/mol. The predicted molar refractivity (Wildman–Crippen MR) is 61.0 cm³/mol. The van der Waals surface area contributed by atoms with Crippen molar-refractivity contribution < 1.29 is 4.79 Å². The molecule has 1 heterocycles. The maximum absolute atomic E-state index is 11.6. The molecule has 0 saturated heterocycles. The molecule has 0 aliphatic heterocycles. The van der Waals surface area contributed by atoms with Crippen molar-refractivity contribution >= 4 is 17.2 Å². The smallest absolute Gasteiger partial charge is 0.252 e. The molecule has 0 unspecified atom stereocenters. The standard InChI is InChI=1S/C11H17NOS/c1-4-5-6-12-11(13)10-7-14-9(3)8(10)2/h7H,4-6H2,1-3H3,(H,12,13). The molecular formula is C11H17NOS. The summed E-state index contributed by atoms with van der Waals surface area (Å²) in [5.41, 5.74) is 1.95. The highest BCUT2D eigenvalue weighted by Crippen LogP contribution is 2.20. The number of nitrogens with one attached hydrogen (secondary N) is 1. The van der Waals surface area contributed by atoms with Crippen molar-refractivity contribution in [3.8, 4) is 0 Å². The highest BCUT2D eigenvalue weighted by Gasteiger charge is 2.11. The quantitative estimate of drug-likeness (QED) is 0.762. The number of carbonyl (C=O) groups excluding carboxylic acids is 1. The van der Waals surface area contributed by atoms with Crippen molar-refractivity contribution in [1.29, 1.82) is 0 Å². The molecule has 1 aromatic rings. The Balaban J connectivity index is 2.56. The molecule has 0 fully saturated rings.